The van der Waals surface area contributed by atoms with Gasteiger partial charge in [0.15, 0.2) is 0 Å². The number of hydrogen-bond acceptors (Lipinski definition) is 4. The third-order valence-electron chi connectivity index (χ3n) is 3.62. The van der Waals surface area contributed by atoms with Gasteiger partial charge in [-0.2, -0.15) is 0 Å². The minimum atomic E-state index is -0.406. The number of pyridine rings is 1. The monoisotopic (exact) mass is 361 g/mol. The van der Waals surface area contributed by atoms with E-state index in [1.807, 2.05) is 12.1 Å². The van der Waals surface area contributed by atoms with E-state index in [9.17, 15) is 10.1 Å². The second kappa shape index (κ2) is 7.03. The molecule has 0 radical (unpaired) electrons. The fraction of sp³-hybridized carbons (Fsp3) is 0.118. The zero-order valence-electron chi connectivity index (χ0n) is 12.5. The zero-order chi connectivity index (χ0) is 17.1. The summed E-state index contributed by atoms with van der Waals surface area (Å²) in [6.07, 6.45) is 0.722. The number of nitro groups is 1. The Morgan fingerprint density at radius 2 is 1.83 bits per heavy atom. The maximum atomic E-state index is 10.7. The molecule has 1 aromatic heterocycles. The predicted molar refractivity (Wildman–Crippen MR) is 97.1 cm³/mol. The molecule has 0 bridgehead atoms. The maximum absolute atomic E-state index is 10.7. The molecule has 0 atom stereocenters. The molecule has 0 spiro atoms. The van der Waals surface area contributed by atoms with Gasteiger partial charge < -0.3 is 5.32 Å². The molecule has 24 heavy (non-hydrogen) atoms. The maximum Gasteiger partial charge on any atom is 0.269 e. The highest BCUT2D eigenvalue weighted by Gasteiger charge is 2.07. The highest BCUT2D eigenvalue weighted by Crippen LogP contribution is 2.28. The summed E-state index contributed by atoms with van der Waals surface area (Å²) in [7, 11) is 0. The highest BCUT2D eigenvalue weighted by molar-refractivity contribution is 6.32. The number of hydrogen-bond donors (Lipinski definition) is 1. The van der Waals surface area contributed by atoms with Crippen LogP contribution in [-0.2, 0) is 6.42 Å². The summed E-state index contributed by atoms with van der Waals surface area (Å²) in [6, 6.07) is 13.7. The lowest BCUT2D eigenvalue weighted by atomic mass is 10.1. The molecule has 1 N–H and O–H groups in total. The van der Waals surface area contributed by atoms with Crippen molar-refractivity contribution in [1.29, 1.82) is 0 Å². The summed E-state index contributed by atoms with van der Waals surface area (Å²) in [5, 5.41) is 15.9. The quantitative estimate of drug-likeness (QED) is 0.389. The lowest BCUT2D eigenvalue weighted by Crippen LogP contribution is -2.05. The molecule has 0 aliphatic rings. The number of non-ortho nitro benzene ring substituents is 1. The first-order chi connectivity index (χ1) is 11.5. The Kier molecular flexibility index (Phi) is 4.83. The van der Waals surface area contributed by atoms with E-state index in [-0.39, 0.29) is 5.69 Å². The van der Waals surface area contributed by atoms with E-state index in [2.05, 4.69) is 10.3 Å². The molecular formula is C17H13Cl2N3O2. The molecule has 3 aromatic rings. The van der Waals surface area contributed by atoms with Crippen LogP contribution < -0.4 is 5.32 Å². The van der Waals surface area contributed by atoms with Crippen molar-refractivity contribution in [2.45, 2.75) is 6.42 Å². The zero-order valence-corrected chi connectivity index (χ0v) is 14.0. The summed E-state index contributed by atoms with van der Waals surface area (Å²) in [4.78, 5) is 14.5. The molecule has 3 rings (SSSR count). The van der Waals surface area contributed by atoms with Crippen molar-refractivity contribution >= 4 is 45.5 Å². The molecule has 0 saturated heterocycles. The number of anilines is 1. The topological polar surface area (TPSA) is 68.1 Å². The Bertz CT molecular complexity index is 898. The summed E-state index contributed by atoms with van der Waals surface area (Å²) >= 11 is 12.1. The number of nitro benzene ring substituents is 1. The van der Waals surface area contributed by atoms with E-state index < -0.39 is 4.92 Å². The minimum absolute atomic E-state index is 0.0910. The van der Waals surface area contributed by atoms with Gasteiger partial charge in [0.2, 0.25) is 0 Å². The Hall–Kier alpha value is -2.37. The molecule has 0 unspecified atom stereocenters. The molecule has 0 fully saturated rings. The van der Waals surface area contributed by atoms with Crippen LogP contribution in [0.5, 0.6) is 0 Å². The normalized spacial score (nSPS) is 10.8. The number of fused-ring (bicyclic) bond motifs is 1. The van der Waals surface area contributed by atoms with Crippen LogP contribution in [0.2, 0.25) is 10.2 Å². The minimum Gasteiger partial charge on any atom is -0.384 e. The molecule has 2 aromatic carbocycles. The van der Waals surface area contributed by atoms with Crippen LogP contribution in [-0.4, -0.2) is 16.5 Å². The summed E-state index contributed by atoms with van der Waals surface area (Å²) < 4.78 is 0. The van der Waals surface area contributed by atoms with Gasteiger partial charge in [-0.15, -0.1) is 0 Å². The van der Waals surface area contributed by atoms with Crippen LogP contribution in [0.3, 0.4) is 0 Å². The second-order valence-electron chi connectivity index (χ2n) is 5.25. The summed E-state index contributed by atoms with van der Waals surface area (Å²) in [6.45, 7) is 0.653. The van der Waals surface area contributed by atoms with Crippen LogP contribution in [0, 0.1) is 10.1 Å². The van der Waals surface area contributed by atoms with Gasteiger partial charge in [0.05, 0.1) is 10.4 Å². The van der Waals surface area contributed by atoms with Gasteiger partial charge in [-0.05, 0) is 36.2 Å². The highest BCUT2D eigenvalue weighted by atomic mass is 35.5. The fourth-order valence-electron chi connectivity index (χ4n) is 2.44. The number of nitrogens with zero attached hydrogens (tertiary/aromatic N) is 2. The predicted octanol–water partition coefficient (Wildman–Crippen LogP) is 5.10. The van der Waals surface area contributed by atoms with Gasteiger partial charge in [-0.3, -0.25) is 10.1 Å². The molecule has 0 amide bonds. The van der Waals surface area contributed by atoms with Gasteiger partial charge in [-0.1, -0.05) is 35.3 Å². The molecule has 0 saturated carbocycles. The van der Waals surface area contributed by atoms with Gasteiger partial charge in [0.1, 0.15) is 5.15 Å². The Morgan fingerprint density at radius 1 is 1.08 bits per heavy atom. The van der Waals surface area contributed by atoms with Crippen LogP contribution in [0.25, 0.3) is 10.9 Å². The van der Waals surface area contributed by atoms with E-state index in [0.717, 1.165) is 28.6 Å². The van der Waals surface area contributed by atoms with Gasteiger partial charge >= 0.3 is 0 Å². The van der Waals surface area contributed by atoms with Crippen molar-refractivity contribution in [3.05, 3.63) is 74.4 Å². The Labute approximate surface area is 148 Å². The van der Waals surface area contributed by atoms with E-state index in [4.69, 9.17) is 23.2 Å². The van der Waals surface area contributed by atoms with Crippen molar-refractivity contribution in [2.24, 2.45) is 0 Å². The van der Waals surface area contributed by atoms with Crippen molar-refractivity contribution in [1.82, 2.24) is 4.98 Å². The first-order valence-corrected chi connectivity index (χ1v) is 8.01. The van der Waals surface area contributed by atoms with Crippen LogP contribution in [0.1, 0.15) is 5.56 Å². The van der Waals surface area contributed by atoms with E-state index >= 15 is 0 Å². The fourth-order valence-corrected chi connectivity index (χ4v) is 2.81. The smallest absolute Gasteiger partial charge is 0.269 e. The van der Waals surface area contributed by atoms with Gasteiger partial charge in [0, 0.05) is 34.8 Å². The SMILES string of the molecule is O=[N+]([O-])c1ccc(CCNc2cc(Cl)nc3ccc(Cl)cc23)cc1. The van der Waals surface area contributed by atoms with Crippen LogP contribution >= 0.6 is 23.2 Å². The molecule has 7 heteroatoms. The standard InChI is InChI=1S/C17H13Cl2N3O2/c18-12-3-6-15-14(9-12)16(10-17(19)21-15)20-8-7-11-1-4-13(5-2-11)22(23)24/h1-6,9-10H,7-8H2,(H,20,21). The van der Waals surface area contributed by atoms with E-state index in [1.165, 1.54) is 12.1 Å². The number of benzene rings is 2. The molecule has 5 nitrogen and oxygen atoms in total. The van der Waals surface area contributed by atoms with Crippen LogP contribution in [0.4, 0.5) is 11.4 Å². The third kappa shape index (κ3) is 3.75. The number of halogens is 2. The molecular weight excluding hydrogens is 349 g/mol. The third-order valence-corrected chi connectivity index (χ3v) is 4.04. The number of nitrogens with one attached hydrogen (secondary N) is 1. The average molecular weight is 362 g/mol. The molecule has 0 aliphatic heterocycles. The van der Waals surface area contributed by atoms with Crippen molar-refractivity contribution in [3.63, 3.8) is 0 Å². The Morgan fingerprint density at radius 3 is 2.54 bits per heavy atom. The first kappa shape index (κ1) is 16.5. The molecule has 1 heterocycles. The molecule has 0 aliphatic carbocycles. The lowest BCUT2D eigenvalue weighted by molar-refractivity contribution is -0.384. The number of aromatic nitrogens is 1. The largest absolute Gasteiger partial charge is 0.384 e. The van der Waals surface area contributed by atoms with E-state index in [0.29, 0.717) is 16.7 Å². The van der Waals surface area contributed by atoms with Gasteiger partial charge in [-0.25, -0.2) is 4.98 Å². The van der Waals surface area contributed by atoms with Gasteiger partial charge in [0.25, 0.3) is 5.69 Å². The molecule has 122 valence electrons. The Balaban J connectivity index is 1.73. The van der Waals surface area contributed by atoms with Crippen molar-refractivity contribution in [3.8, 4) is 0 Å². The summed E-state index contributed by atoms with van der Waals surface area (Å²) in [5.74, 6) is 0. The second-order valence-corrected chi connectivity index (χ2v) is 6.08. The number of rotatable bonds is 5. The average Bonchev–Trinajstić information content (AvgIpc) is 2.56. The van der Waals surface area contributed by atoms with Crippen molar-refractivity contribution < 1.29 is 4.92 Å². The first-order valence-electron chi connectivity index (χ1n) is 7.26. The summed E-state index contributed by atoms with van der Waals surface area (Å²) in [5.41, 5.74) is 2.72. The van der Waals surface area contributed by atoms with Crippen LogP contribution in [0.15, 0.2) is 48.5 Å². The van der Waals surface area contributed by atoms with Crippen molar-refractivity contribution in [2.75, 3.05) is 11.9 Å². The lowest BCUT2D eigenvalue weighted by Gasteiger charge is -2.10. The van der Waals surface area contributed by atoms with E-state index in [1.54, 1.807) is 24.3 Å².